The van der Waals surface area contributed by atoms with Crippen molar-refractivity contribution < 1.29 is 4.79 Å². The summed E-state index contributed by atoms with van der Waals surface area (Å²) >= 11 is 4.95. The molecule has 1 aromatic carbocycles. The number of carbonyl (C=O) groups is 1. The number of hydrogen-bond donors (Lipinski definition) is 1. The summed E-state index contributed by atoms with van der Waals surface area (Å²) in [6.07, 6.45) is 1.80. The fraction of sp³-hybridized carbons (Fsp3) is 0.214. The fourth-order valence-electron chi connectivity index (χ4n) is 2.52. The second-order valence-electron chi connectivity index (χ2n) is 4.51. The minimum absolute atomic E-state index is 0.0700. The lowest BCUT2D eigenvalue weighted by molar-refractivity contribution is 0.103. The fourth-order valence-corrected chi connectivity index (χ4v) is 3.86. The maximum Gasteiger partial charge on any atom is 0.196 e. The van der Waals surface area contributed by atoms with Gasteiger partial charge < -0.3 is 5.73 Å². The Morgan fingerprint density at radius 1 is 1.33 bits per heavy atom. The molecule has 92 valence electrons. The van der Waals surface area contributed by atoms with Gasteiger partial charge in [-0.25, -0.2) is 0 Å². The minimum atomic E-state index is 0.0700. The summed E-state index contributed by atoms with van der Waals surface area (Å²) in [5.74, 6) is 0.0700. The Morgan fingerprint density at radius 2 is 2.11 bits per heavy atom. The minimum Gasteiger partial charge on any atom is -0.390 e. The average molecular weight is 322 g/mol. The van der Waals surface area contributed by atoms with Crippen LogP contribution in [-0.4, -0.2) is 5.78 Å². The van der Waals surface area contributed by atoms with Gasteiger partial charge in [-0.3, -0.25) is 4.79 Å². The van der Waals surface area contributed by atoms with Crippen molar-refractivity contribution in [1.29, 1.82) is 0 Å². The molecule has 0 unspecified atom stereocenters. The van der Waals surface area contributed by atoms with Crippen LogP contribution in [0.1, 0.15) is 31.9 Å². The summed E-state index contributed by atoms with van der Waals surface area (Å²) in [5, 5.41) is 0.653. The van der Waals surface area contributed by atoms with Crippen LogP contribution in [0.3, 0.4) is 0 Å². The summed E-state index contributed by atoms with van der Waals surface area (Å²) in [6.45, 7) is 2.04. The first-order valence-electron chi connectivity index (χ1n) is 5.79. The van der Waals surface area contributed by atoms with Gasteiger partial charge in [0.25, 0.3) is 0 Å². The molecule has 0 saturated heterocycles. The number of benzene rings is 1. The van der Waals surface area contributed by atoms with Crippen LogP contribution in [-0.2, 0) is 12.8 Å². The molecule has 1 aliphatic rings. The van der Waals surface area contributed by atoms with Gasteiger partial charge in [0.05, 0.1) is 10.6 Å². The maximum atomic E-state index is 12.6. The number of ketones is 1. The SMILES string of the molecule is Cc1sc(N)c2c1CCc1ccc(Br)cc1C2=O. The largest absolute Gasteiger partial charge is 0.390 e. The van der Waals surface area contributed by atoms with Gasteiger partial charge in [0, 0.05) is 14.9 Å². The normalized spacial score (nSPS) is 14.0. The third kappa shape index (κ3) is 1.71. The Hall–Kier alpha value is -1.13. The van der Waals surface area contributed by atoms with E-state index in [2.05, 4.69) is 15.9 Å². The number of nitrogen functional groups attached to an aromatic ring is 1. The third-order valence-electron chi connectivity index (χ3n) is 3.42. The smallest absolute Gasteiger partial charge is 0.196 e. The molecular weight excluding hydrogens is 310 g/mol. The zero-order chi connectivity index (χ0) is 12.9. The first kappa shape index (κ1) is 11.9. The molecule has 18 heavy (non-hydrogen) atoms. The number of thiophene rings is 1. The number of aryl methyl sites for hydroxylation is 2. The molecule has 2 aromatic rings. The molecule has 3 rings (SSSR count). The second kappa shape index (κ2) is 4.21. The van der Waals surface area contributed by atoms with E-state index in [9.17, 15) is 4.79 Å². The van der Waals surface area contributed by atoms with Crippen molar-refractivity contribution in [2.45, 2.75) is 19.8 Å². The van der Waals surface area contributed by atoms with Gasteiger partial charge in [0.1, 0.15) is 0 Å². The number of rotatable bonds is 0. The summed E-state index contributed by atoms with van der Waals surface area (Å²) in [6, 6.07) is 5.91. The van der Waals surface area contributed by atoms with Crippen molar-refractivity contribution in [3.05, 3.63) is 49.8 Å². The quantitative estimate of drug-likeness (QED) is 0.803. The number of nitrogens with two attached hydrogens (primary N) is 1. The Kier molecular flexibility index (Phi) is 2.79. The zero-order valence-corrected chi connectivity index (χ0v) is 12.3. The van der Waals surface area contributed by atoms with Crippen molar-refractivity contribution in [3.63, 3.8) is 0 Å². The van der Waals surface area contributed by atoms with Crippen LogP contribution in [0, 0.1) is 6.92 Å². The molecule has 0 bridgehead atoms. The summed E-state index contributed by atoms with van der Waals surface area (Å²) in [4.78, 5) is 13.8. The highest BCUT2D eigenvalue weighted by molar-refractivity contribution is 9.10. The van der Waals surface area contributed by atoms with Crippen molar-refractivity contribution >= 4 is 38.1 Å². The number of fused-ring (bicyclic) bond motifs is 2. The molecule has 1 aliphatic carbocycles. The third-order valence-corrected chi connectivity index (χ3v) is 4.89. The molecule has 0 atom stereocenters. The molecule has 1 aromatic heterocycles. The highest BCUT2D eigenvalue weighted by Crippen LogP contribution is 2.36. The standard InChI is InChI=1S/C14H12BrNOS/c1-7-10-5-3-8-2-4-9(15)6-11(8)13(17)12(10)14(16)18-7/h2,4,6H,3,5,16H2,1H3. The lowest BCUT2D eigenvalue weighted by Gasteiger charge is -2.05. The molecule has 2 N–H and O–H groups in total. The van der Waals surface area contributed by atoms with Crippen molar-refractivity contribution in [1.82, 2.24) is 0 Å². The van der Waals surface area contributed by atoms with E-state index in [0.717, 1.165) is 39.6 Å². The molecule has 0 aliphatic heterocycles. The van der Waals surface area contributed by atoms with Gasteiger partial charge >= 0.3 is 0 Å². The van der Waals surface area contributed by atoms with Gasteiger partial charge in [0.2, 0.25) is 0 Å². The first-order chi connectivity index (χ1) is 8.58. The molecule has 0 radical (unpaired) electrons. The van der Waals surface area contributed by atoms with Crippen LogP contribution in [0.4, 0.5) is 5.00 Å². The van der Waals surface area contributed by atoms with E-state index in [1.807, 2.05) is 25.1 Å². The Balaban J connectivity index is 2.25. The summed E-state index contributed by atoms with van der Waals surface area (Å²) < 4.78 is 0.934. The molecule has 0 saturated carbocycles. The average Bonchev–Trinajstić information content (AvgIpc) is 2.52. The topological polar surface area (TPSA) is 43.1 Å². The second-order valence-corrected chi connectivity index (χ2v) is 6.68. The molecule has 1 heterocycles. The molecule has 0 fully saturated rings. The van der Waals surface area contributed by atoms with Gasteiger partial charge in [-0.15, -0.1) is 11.3 Å². The monoisotopic (exact) mass is 321 g/mol. The molecule has 4 heteroatoms. The van der Waals surface area contributed by atoms with Crippen LogP contribution in [0.25, 0.3) is 0 Å². The van der Waals surface area contributed by atoms with Gasteiger partial charge in [0.15, 0.2) is 5.78 Å². The van der Waals surface area contributed by atoms with E-state index in [0.29, 0.717) is 5.00 Å². The molecule has 0 spiro atoms. The van der Waals surface area contributed by atoms with Crippen molar-refractivity contribution in [3.8, 4) is 0 Å². The lowest BCUT2D eigenvalue weighted by Crippen LogP contribution is -2.05. The van der Waals surface area contributed by atoms with Crippen LogP contribution in [0.2, 0.25) is 0 Å². The predicted molar refractivity (Wildman–Crippen MR) is 78.5 cm³/mol. The maximum absolute atomic E-state index is 12.6. The van der Waals surface area contributed by atoms with Crippen molar-refractivity contribution in [2.75, 3.05) is 5.73 Å². The first-order valence-corrected chi connectivity index (χ1v) is 7.39. The Morgan fingerprint density at radius 3 is 2.89 bits per heavy atom. The zero-order valence-electron chi connectivity index (χ0n) is 9.92. The van der Waals surface area contributed by atoms with Crippen LogP contribution in [0.5, 0.6) is 0 Å². The highest BCUT2D eigenvalue weighted by atomic mass is 79.9. The predicted octanol–water partition coefficient (Wildman–Crippen LogP) is 3.73. The van der Waals surface area contributed by atoms with Crippen LogP contribution < -0.4 is 5.73 Å². The van der Waals surface area contributed by atoms with Gasteiger partial charge in [-0.1, -0.05) is 22.0 Å². The Bertz CT molecular complexity index is 660. The molecule has 2 nitrogen and oxygen atoms in total. The van der Waals surface area contributed by atoms with E-state index < -0.39 is 0 Å². The van der Waals surface area contributed by atoms with Crippen molar-refractivity contribution in [2.24, 2.45) is 0 Å². The molecule has 0 amide bonds. The van der Waals surface area contributed by atoms with E-state index in [-0.39, 0.29) is 5.78 Å². The van der Waals surface area contributed by atoms with E-state index in [1.165, 1.54) is 16.2 Å². The molecular formula is C14H12BrNOS. The van der Waals surface area contributed by atoms with E-state index in [1.54, 1.807) is 0 Å². The number of carbonyl (C=O) groups excluding carboxylic acids is 1. The number of anilines is 1. The van der Waals surface area contributed by atoms with Crippen LogP contribution in [0.15, 0.2) is 22.7 Å². The number of hydrogen-bond acceptors (Lipinski definition) is 3. The lowest BCUT2D eigenvalue weighted by atomic mass is 10.0. The summed E-state index contributed by atoms with van der Waals surface area (Å²) in [7, 11) is 0. The number of halogens is 1. The summed E-state index contributed by atoms with van der Waals surface area (Å²) in [5.41, 5.74) is 9.77. The highest BCUT2D eigenvalue weighted by Gasteiger charge is 2.26. The van der Waals surface area contributed by atoms with Gasteiger partial charge in [-0.05, 0) is 43.0 Å². The van der Waals surface area contributed by atoms with Gasteiger partial charge in [-0.2, -0.15) is 0 Å². The Labute approximate surface area is 118 Å². The van der Waals surface area contributed by atoms with E-state index >= 15 is 0 Å². The van der Waals surface area contributed by atoms with E-state index in [4.69, 9.17) is 5.73 Å². The van der Waals surface area contributed by atoms with Crippen LogP contribution >= 0.6 is 27.3 Å².